The molecule has 11 heteroatoms. The maximum absolute atomic E-state index is 15.0. The van der Waals surface area contributed by atoms with E-state index in [1.807, 2.05) is 0 Å². The minimum atomic E-state index is -4.89. The maximum Gasteiger partial charge on any atom is 0.417 e. The Morgan fingerprint density at radius 3 is 1.39 bits per heavy atom. The number of rotatable bonds is 3. The largest absolute Gasteiger partial charge is 0.417 e. The molecule has 0 aliphatic carbocycles. The van der Waals surface area contributed by atoms with E-state index >= 15 is 0 Å². The third-order valence-electron chi connectivity index (χ3n) is 9.47. The molecule has 8 rings (SSSR count). The highest BCUT2D eigenvalue weighted by Crippen LogP contribution is 2.45. The van der Waals surface area contributed by atoms with Gasteiger partial charge >= 0.3 is 6.18 Å². The summed E-state index contributed by atoms with van der Waals surface area (Å²) in [6, 6.07) is 34.4. The minimum Gasteiger partial charge on any atom is -0.309 e. The van der Waals surface area contributed by atoms with Crippen molar-refractivity contribution in [1.29, 1.82) is 21.0 Å². The number of nitrogens with zero attached hydrogens (tertiary/aromatic N) is 8. The molecule has 0 N–H and O–H groups in total. The molecule has 0 bridgehead atoms. The van der Waals surface area contributed by atoms with Crippen molar-refractivity contribution in [3.05, 3.63) is 154 Å². The third-order valence-corrected chi connectivity index (χ3v) is 9.47. The number of alkyl halides is 3. The number of hydrogen-bond acceptors (Lipinski definition) is 4. The van der Waals surface area contributed by atoms with Crippen LogP contribution in [-0.2, 0) is 6.18 Å². The molecule has 8 aromatic rings. The predicted molar refractivity (Wildman–Crippen MR) is 197 cm³/mol. The summed E-state index contributed by atoms with van der Waals surface area (Å²) in [4.78, 5) is 7.12. The van der Waals surface area contributed by atoms with Crippen molar-refractivity contribution in [3.8, 4) is 46.8 Å². The lowest BCUT2D eigenvalue weighted by molar-refractivity contribution is -0.137. The maximum atomic E-state index is 15.0. The molecule has 0 radical (unpaired) electrons. The molecule has 0 aliphatic rings. The van der Waals surface area contributed by atoms with Crippen molar-refractivity contribution in [3.63, 3.8) is 0 Å². The number of hydrogen-bond donors (Lipinski definition) is 0. The molecule has 2 aromatic heterocycles. The predicted octanol–water partition coefficient (Wildman–Crippen LogP) is 11.2. The van der Waals surface area contributed by atoms with Gasteiger partial charge in [-0.2, -0.15) is 34.2 Å². The van der Waals surface area contributed by atoms with Gasteiger partial charge < -0.3 is 9.13 Å². The average molecular weight is 703 g/mol. The number of halogens is 3. The van der Waals surface area contributed by atoms with Crippen LogP contribution in [0.15, 0.2) is 103 Å². The van der Waals surface area contributed by atoms with Crippen LogP contribution in [0.4, 0.5) is 24.5 Å². The zero-order valence-corrected chi connectivity index (χ0v) is 27.5. The van der Waals surface area contributed by atoms with Crippen LogP contribution in [0, 0.1) is 58.5 Å². The van der Waals surface area contributed by atoms with Gasteiger partial charge in [0.25, 0.3) is 0 Å². The van der Waals surface area contributed by atoms with Crippen molar-refractivity contribution >= 4 is 55.0 Å². The summed E-state index contributed by atoms with van der Waals surface area (Å²) in [5.41, 5.74) is 2.54. The summed E-state index contributed by atoms with van der Waals surface area (Å²) in [5.74, 6) is 0. The number of fused-ring (bicyclic) bond motifs is 6. The Kier molecular flexibility index (Phi) is 7.39. The van der Waals surface area contributed by atoms with Crippen LogP contribution in [0.5, 0.6) is 0 Å². The average Bonchev–Trinajstić information content (AvgIpc) is 3.70. The Bertz CT molecular complexity index is 3090. The fourth-order valence-electron chi connectivity index (χ4n) is 7.16. The highest BCUT2D eigenvalue weighted by molar-refractivity contribution is 6.13. The summed E-state index contributed by atoms with van der Waals surface area (Å²) < 4.78 is 48.4. The molecular weight excluding hydrogens is 686 g/mol. The SMILES string of the molecule is [C-]#[N+]c1ccc2c(c1)c1cc([N+]#[C-])ccc1n2-c1cc(C#N)c(-n2c3ccc(C#N)cc3c3cc(C#N)ccc32)cc1-c1ccc(C#N)cc1C(F)(F)F. The van der Waals surface area contributed by atoms with Gasteiger partial charge in [0.05, 0.1) is 92.6 Å². The first-order valence-corrected chi connectivity index (χ1v) is 16.0. The zero-order chi connectivity index (χ0) is 37.9. The molecule has 0 aliphatic heterocycles. The van der Waals surface area contributed by atoms with Gasteiger partial charge in [0, 0.05) is 16.3 Å². The van der Waals surface area contributed by atoms with Gasteiger partial charge in [-0.15, -0.1) is 0 Å². The van der Waals surface area contributed by atoms with Crippen molar-refractivity contribution in [2.75, 3.05) is 0 Å². The van der Waals surface area contributed by atoms with E-state index in [-0.39, 0.29) is 33.6 Å². The van der Waals surface area contributed by atoms with Crippen LogP contribution in [0.3, 0.4) is 0 Å². The zero-order valence-electron chi connectivity index (χ0n) is 27.5. The Morgan fingerprint density at radius 2 is 0.926 bits per heavy atom. The van der Waals surface area contributed by atoms with Crippen molar-refractivity contribution < 1.29 is 13.2 Å². The van der Waals surface area contributed by atoms with Crippen molar-refractivity contribution in [2.45, 2.75) is 6.18 Å². The van der Waals surface area contributed by atoms with E-state index < -0.39 is 11.7 Å². The molecule has 0 atom stereocenters. The van der Waals surface area contributed by atoms with Gasteiger partial charge in [-0.25, -0.2) is 9.69 Å². The number of nitriles is 4. The summed E-state index contributed by atoms with van der Waals surface area (Å²) >= 11 is 0. The van der Waals surface area contributed by atoms with E-state index in [4.69, 9.17) is 13.1 Å². The van der Waals surface area contributed by atoms with Crippen LogP contribution < -0.4 is 0 Å². The van der Waals surface area contributed by atoms with Crippen LogP contribution in [-0.4, -0.2) is 9.13 Å². The van der Waals surface area contributed by atoms with Gasteiger partial charge in [0.2, 0.25) is 0 Å². The Morgan fingerprint density at radius 1 is 0.481 bits per heavy atom. The van der Waals surface area contributed by atoms with Gasteiger partial charge in [0.15, 0.2) is 11.4 Å². The number of aromatic nitrogens is 2. The molecule has 54 heavy (non-hydrogen) atoms. The molecule has 0 saturated carbocycles. The summed E-state index contributed by atoms with van der Waals surface area (Å²) in [7, 11) is 0. The molecular formula is C43H17F3N8. The van der Waals surface area contributed by atoms with Crippen molar-refractivity contribution in [2.24, 2.45) is 0 Å². The van der Waals surface area contributed by atoms with E-state index in [0.717, 1.165) is 6.07 Å². The van der Waals surface area contributed by atoms with E-state index in [9.17, 15) is 34.2 Å². The standard InChI is InChI=1S/C43H17F3N8/c1-51-28-6-11-39-33(17-28)34-18-29(52-2)7-12-40(34)54(39)42-16-27(23-50)41(19-35(42)30-8-3-26(22-49)15-36(30)43(44,45)46)53-37-9-4-24(20-47)13-31(37)32-14-25(21-48)5-10-38(32)53/h3-19H. The smallest absolute Gasteiger partial charge is 0.309 e. The van der Waals surface area contributed by atoms with E-state index in [1.54, 1.807) is 88.0 Å². The van der Waals surface area contributed by atoms with Gasteiger partial charge in [-0.05, 0) is 101 Å². The Labute approximate surface area is 304 Å². The third kappa shape index (κ3) is 4.95. The quantitative estimate of drug-likeness (QED) is 0.170. The molecule has 0 amide bonds. The summed E-state index contributed by atoms with van der Waals surface area (Å²) in [6.45, 7) is 15.2. The lowest BCUT2D eigenvalue weighted by atomic mass is 9.93. The van der Waals surface area contributed by atoms with Gasteiger partial charge in [-0.3, -0.25) is 0 Å². The highest BCUT2D eigenvalue weighted by atomic mass is 19.4. The lowest BCUT2D eigenvalue weighted by Gasteiger charge is -2.21. The first-order chi connectivity index (χ1) is 26.1. The number of benzene rings is 6. The molecule has 6 aromatic carbocycles. The second-order valence-corrected chi connectivity index (χ2v) is 12.4. The summed E-state index contributed by atoms with van der Waals surface area (Å²) in [5, 5.41) is 42.1. The van der Waals surface area contributed by atoms with Crippen LogP contribution in [0.25, 0.3) is 75.8 Å². The van der Waals surface area contributed by atoms with E-state index in [1.165, 1.54) is 24.3 Å². The highest BCUT2D eigenvalue weighted by Gasteiger charge is 2.35. The molecule has 0 unspecified atom stereocenters. The molecule has 250 valence electrons. The van der Waals surface area contributed by atoms with E-state index in [2.05, 4.69) is 27.9 Å². The second kappa shape index (κ2) is 12.2. The molecule has 0 fully saturated rings. The molecule has 2 heterocycles. The fraction of sp³-hybridized carbons (Fsp3) is 0.0233. The lowest BCUT2D eigenvalue weighted by Crippen LogP contribution is -2.10. The normalized spacial score (nSPS) is 11.1. The molecule has 0 saturated heterocycles. The van der Waals surface area contributed by atoms with Crippen LogP contribution in [0.1, 0.15) is 27.8 Å². The summed E-state index contributed by atoms with van der Waals surface area (Å²) in [6.07, 6.45) is -4.89. The van der Waals surface area contributed by atoms with Crippen LogP contribution in [0.2, 0.25) is 0 Å². The minimum absolute atomic E-state index is 0.0698. The monoisotopic (exact) mass is 702 g/mol. The first kappa shape index (κ1) is 32.8. The molecule has 8 nitrogen and oxygen atoms in total. The second-order valence-electron chi connectivity index (χ2n) is 12.4. The van der Waals surface area contributed by atoms with Gasteiger partial charge in [0.1, 0.15) is 6.07 Å². The Hall–Kier alpha value is -8.35. The first-order valence-electron chi connectivity index (χ1n) is 16.0. The van der Waals surface area contributed by atoms with E-state index in [0.29, 0.717) is 66.1 Å². The Balaban J connectivity index is 1.57. The topological polar surface area (TPSA) is 114 Å². The fourth-order valence-corrected chi connectivity index (χ4v) is 7.16. The van der Waals surface area contributed by atoms with Gasteiger partial charge in [-0.1, -0.05) is 18.2 Å². The van der Waals surface area contributed by atoms with Crippen LogP contribution >= 0.6 is 0 Å². The van der Waals surface area contributed by atoms with Crippen molar-refractivity contribution in [1.82, 2.24) is 9.13 Å². The molecule has 0 spiro atoms.